The van der Waals surface area contributed by atoms with Crippen molar-refractivity contribution in [2.24, 2.45) is 11.7 Å². The van der Waals surface area contributed by atoms with Gasteiger partial charge in [-0.05, 0) is 6.92 Å². The minimum atomic E-state index is -1.77. The van der Waals surface area contributed by atoms with E-state index in [4.69, 9.17) is 19.9 Å². The molecule has 0 bridgehead atoms. The number of hydrazine groups is 1. The first-order valence-electron chi connectivity index (χ1n) is 11.5. The molecule has 2 aliphatic heterocycles. The molecule has 4 rings (SSSR count). The molecule has 2 saturated heterocycles. The maximum absolute atomic E-state index is 12.8. The molecule has 2 aromatic rings. The summed E-state index contributed by atoms with van der Waals surface area (Å²) in [6.45, 7) is 1.01. The van der Waals surface area contributed by atoms with Crippen molar-refractivity contribution in [2.45, 2.75) is 62.0 Å². The van der Waals surface area contributed by atoms with Crippen LogP contribution in [0.4, 0.5) is 5.82 Å². The van der Waals surface area contributed by atoms with Crippen molar-refractivity contribution in [3.8, 4) is 0 Å². The van der Waals surface area contributed by atoms with Crippen LogP contribution in [-0.2, 0) is 19.0 Å². The third kappa shape index (κ3) is 5.27. The van der Waals surface area contributed by atoms with Crippen LogP contribution in [0.2, 0.25) is 0 Å². The molecule has 14 heteroatoms. The highest BCUT2D eigenvalue weighted by molar-refractivity contribution is 5.92. The van der Waals surface area contributed by atoms with Gasteiger partial charge >= 0.3 is 0 Å². The number of anilines is 1. The number of rotatable bonds is 7. The average Bonchev–Trinajstić information content (AvgIpc) is 2.89. The second kappa shape index (κ2) is 11.2. The van der Waals surface area contributed by atoms with Gasteiger partial charge in [-0.15, -0.1) is 5.10 Å². The van der Waals surface area contributed by atoms with E-state index >= 15 is 0 Å². The van der Waals surface area contributed by atoms with Gasteiger partial charge < -0.3 is 45.5 Å². The highest BCUT2D eigenvalue weighted by Gasteiger charge is 2.48. The molecule has 2 fully saturated rings. The Bertz CT molecular complexity index is 1040. The zero-order valence-corrected chi connectivity index (χ0v) is 19.4. The number of carbonyl (C=O) groups excluding carboxylic acids is 1. The van der Waals surface area contributed by atoms with Gasteiger partial charge in [-0.2, -0.15) is 5.10 Å². The lowest BCUT2D eigenvalue weighted by Crippen LogP contribution is -2.63. The number of ether oxygens (including phenoxy) is 3. The minimum absolute atomic E-state index is 0.241. The van der Waals surface area contributed by atoms with Gasteiger partial charge in [0.25, 0.3) is 5.91 Å². The summed E-state index contributed by atoms with van der Waals surface area (Å²) in [5.41, 5.74) is 11.1. The molecule has 9 N–H and O–H groups in total. The molecule has 14 nitrogen and oxygen atoms in total. The second-order valence-electron chi connectivity index (χ2n) is 8.92. The topological polar surface area (TPSA) is 222 Å². The number of aliphatic hydroxyl groups excluding tert-OH is 5. The smallest absolute Gasteiger partial charge is 0.270 e. The van der Waals surface area contributed by atoms with E-state index in [0.717, 1.165) is 5.39 Å². The first-order chi connectivity index (χ1) is 17.2. The molecular weight excluding hydrogens is 478 g/mol. The third-order valence-corrected chi connectivity index (χ3v) is 6.58. The number of aromatic nitrogens is 2. The molecule has 0 spiro atoms. The summed E-state index contributed by atoms with van der Waals surface area (Å²) in [5.74, 6) is -1.33. The first kappa shape index (κ1) is 26.5. The number of benzene rings is 1. The molecular formula is C22H31N5O9. The molecule has 36 heavy (non-hydrogen) atoms. The van der Waals surface area contributed by atoms with E-state index in [1.807, 2.05) is 12.1 Å². The van der Waals surface area contributed by atoms with Gasteiger partial charge in [0.2, 0.25) is 0 Å². The lowest BCUT2D eigenvalue weighted by molar-refractivity contribution is -0.297. The zero-order valence-electron chi connectivity index (χ0n) is 19.4. The number of carbonyl (C=O) groups is 1. The summed E-state index contributed by atoms with van der Waals surface area (Å²) in [6, 6.07) is 6.53. The lowest BCUT2D eigenvalue weighted by Gasteiger charge is -2.44. The Labute approximate surface area is 206 Å². The van der Waals surface area contributed by atoms with Crippen LogP contribution in [0.15, 0.2) is 30.5 Å². The maximum atomic E-state index is 12.8. The standard InChI is InChI=1S/C22H31N5O9/c1-9-14(23)12(15(29)13(7-28)35-9)8-34-22-18(32)16(30)17(31)19(36-22)21(33)27-26-20-11-5-3-2-4-10(11)6-24-25-20/h2-6,9,12-19,22,28-32H,7-8,23H2,1H3,(H,25,26)(H,27,33)/t9-,12+,13?,14?,15+,16-,17+,18?,19?,22+/m0/s1. The van der Waals surface area contributed by atoms with Crippen molar-refractivity contribution >= 4 is 22.5 Å². The molecule has 2 aliphatic rings. The zero-order chi connectivity index (χ0) is 26.0. The number of nitrogens with two attached hydrogens (primary N) is 1. The molecule has 1 amide bonds. The van der Waals surface area contributed by atoms with E-state index in [9.17, 15) is 30.3 Å². The molecule has 1 aromatic carbocycles. The highest BCUT2D eigenvalue weighted by Crippen LogP contribution is 2.28. The van der Waals surface area contributed by atoms with E-state index in [1.165, 1.54) is 0 Å². The van der Waals surface area contributed by atoms with Crippen molar-refractivity contribution in [3.63, 3.8) is 0 Å². The van der Waals surface area contributed by atoms with E-state index in [2.05, 4.69) is 21.0 Å². The maximum Gasteiger partial charge on any atom is 0.270 e. The van der Waals surface area contributed by atoms with Gasteiger partial charge in [0.15, 0.2) is 18.2 Å². The van der Waals surface area contributed by atoms with Crippen molar-refractivity contribution < 1.29 is 44.5 Å². The molecule has 10 atom stereocenters. The summed E-state index contributed by atoms with van der Waals surface area (Å²) in [7, 11) is 0. The van der Waals surface area contributed by atoms with Crippen LogP contribution >= 0.6 is 0 Å². The van der Waals surface area contributed by atoms with Gasteiger partial charge in [0.05, 0.1) is 31.6 Å². The fourth-order valence-electron chi connectivity index (χ4n) is 4.38. The first-order valence-corrected chi connectivity index (χ1v) is 11.5. The fraction of sp³-hybridized carbons (Fsp3) is 0.591. The quantitative estimate of drug-likeness (QED) is 0.174. The summed E-state index contributed by atoms with van der Waals surface area (Å²) in [6.07, 6.45) is -9.36. The highest BCUT2D eigenvalue weighted by atomic mass is 16.7. The Morgan fingerprint density at radius 3 is 2.61 bits per heavy atom. The van der Waals surface area contributed by atoms with Gasteiger partial charge in [-0.25, -0.2) is 0 Å². The van der Waals surface area contributed by atoms with Crippen molar-refractivity contribution in [2.75, 3.05) is 18.6 Å². The third-order valence-electron chi connectivity index (χ3n) is 6.58. The van der Waals surface area contributed by atoms with Crippen molar-refractivity contribution in [1.82, 2.24) is 15.6 Å². The van der Waals surface area contributed by atoms with Crippen molar-refractivity contribution in [1.29, 1.82) is 0 Å². The molecule has 1 aromatic heterocycles. The van der Waals surface area contributed by atoms with E-state index in [1.54, 1.807) is 25.3 Å². The summed E-state index contributed by atoms with van der Waals surface area (Å²) < 4.78 is 16.5. The number of aliphatic hydroxyl groups is 5. The SMILES string of the molecule is C[C@@H]1OC(CO)[C@H](O)[C@H](CO[C@@H]2OC(C(=O)NNc3nncc4ccccc34)[C@H](O)[C@H](O)C2O)C1N. The van der Waals surface area contributed by atoms with E-state index < -0.39 is 73.5 Å². The monoisotopic (exact) mass is 509 g/mol. The van der Waals surface area contributed by atoms with Gasteiger partial charge in [-0.1, -0.05) is 24.3 Å². The summed E-state index contributed by atoms with van der Waals surface area (Å²) in [4.78, 5) is 12.8. The van der Waals surface area contributed by atoms with Crippen LogP contribution in [0, 0.1) is 5.92 Å². The normalized spacial score (nSPS) is 37.0. The lowest BCUT2D eigenvalue weighted by atomic mass is 9.85. The van der Waals surface area contributed by atoms with Crippen LogP contribution in [0.3, 0.4) is 0 Å². The second-order valence-corrected chi connectivity index (χ2v) is 8.92. The molecule has 3 heterocycles. The molecule has 0 saturated carbocycles. The Kier molecular flexibility index (Phi) is 8.29. The van der Waals surface area contributed by atoms with Crippen LogP contribution < -0.4 is 16.6 Å². The summed E-state index contributed by atoms with van der Waals surface area (Å²) >= 11 is 0. The Balaban J connectivity index is 1.41. The van der Waals surface area contributed by atoms with Gasteiger partial charge in [-0.3, -0.25) is 15.6 Å². The van der Waals surface area contributed by atoms with Crippen molar-refractivity contribution in [3.05, 3.63) is 30.5 Å². The molecule has 0 aliphatic carbocycles. The van der Waals surface area contributed by atoms with Gasteiger partial charge in [0, 0.05) is 22.7 Å². The predicted molar refractivity (Wildman–Crippen MR) is 123 cm³/mol. The molecule has 4 unspecified atom stereocenters. The Morgan fingerprint density at radius 1 is 1.11 bits per heavy atom. The van der Waals surface area contributed by atoms with Crippen LogP contribution in [0.1, 0.15) is 6.92 Å². The van der Waals surface area contributed by atoms with Crippen LogP contribution in [0.25, 0.3) is 10.8 Å². The average molecular weight is 510 g/mol. The van der Waals surface area contributed by atoms with E-state index in [-0.39, 0.29) is 12.4 Å². The number of hydrogen-bond donors (Lipinski definition) is 8. The number of amides is 1. The largest absolute Gasteiger partial charge is 0.394 e. The minimum Gasteiger partial charge on any atom is -0.394 e. The number of fused-ring (bicyclic) bond motifs is 1. The Hall–Kier alpha value is -2.53. The van der Waals surface area contributed by atoms with E-state index in [0.29, 0.717) is 5.39 Å². The molecule has 198 valence electrons. The van der Waals surface area contributed by atoms with Gasteiger partial charge in [0.1, 0.15) is 24.4 Å². The summed E-state index contributed by atoms with van der Waals surface area (Å²) in [5, 5.41) is 60.2. The fourth-order valence-corrected chi connectivity index (χ4v) is 4.38. The number of hydrogen-bond acceptors (Lipinski definition) is 13. The Morgan fingerprint density at radius 2 is 1.86 bits per heavy atom. The molecule has 0 radical (unpaired) electrons. The number of nitrogens with one attached hydrogen (secondary N) is 2. The number of nitrogens with zero attached hydrogens (tertiary/aromatic N) is 2. The van der Waals surface area contributed by atoms with Crippen LogP contribution in [-0.4, -0.2) is 110 Å². The predicted octanol–water partition coefficient (Wildman–Crippen LogP) is -3.02. The van der Waals surface area contributed by atoms with Crippen LogP contribution in [0.5, 0.6) is 0 Å².